The molecule has 2 aliphatic rings. The molecular formula is C16H22N4O2S. The number of aromatic nitrogens is 1. The summed E-state index contributed by atoms with van der Waals surface area (Å²) in [5, 5.41) is 4.41. The molecule has 3 rings (SSSR count). The van der Waals surface area contributed by atoms with Crippen molar-refractivity contribution in [3.05, 3.63) is 30.5 Å². The van der Waals surface area contributed by atoms with Gasteiger partial charge in [-0.05, 0) is 30.9 Å². The van der Waals surface area contributed by atoms with E-state index < -0.39 is 10.0 Å². The Labute approximate surface area is 137 Å². The van der Waals surface area contributed by atoms with Gasteiger partial charge >= 0.3 is 0 Å². The second-order valence-electron chi connectivity index (χ2n) is 5.82. The van der Waals surface area contributed by atoms with Crippen LogP contribution in [-0.2, 0) is 10.0 Å². The van der Waals surface area contributed by atoms with E-state index in [9.17, 15) is 8.42 Å². The first-order valence-corrected chi connectivity index (χ1v) is 9.45. The van der Waals surface area contributed by atoms with Gasteiger partial charge in [-0.15, -0.1) is 0 Å². The Morgan fingerprint density at radius 1 is 1.35 bits per heavy atom. The van der Waals surface area contributed by atoms with Crippen LogP contribution in [0.15, 0.2) is 40.5 Å². The van der Waals surface area contributed by atoms with Crippen LogP contribution in [0, 0.1) is 11.8 Å². The molecule has 1 saturated carbocycles. The van der Waals surface area contributed by atoms with Gasteiger partial charge in [-0.25, -0.2) is 13.4 Å². The summed E-state index contributed by atoms with van der Waals surface area (Å²) in [6.07, 6.45) is 7.93. The molecule has 23 heavy (non-hydrogen) atoms. The minimum Gasteiger partial charge on any atom is -0.261 e. The van der Waals surface area contributed by atoms with Crippen LogP contribution < -0.4 is 5.43 Å². The molecule has 0 bridgehead atoms. The fourth-order valence-electron chi connectivity index (χ4n) is 3.10. The standard InChI is InChI=1S/C16H22N4O2S/c1-3-20(4-2)23(21,22)13-8-9-16(17-11-13)19-18-15-10-12-6-5-7-14(12)15/h5-6,8-9,11-12,14H,3-4,7,10H2,1-2H3,(H,17,19)/b18-15+. The van der Waals surface area contributed by atoms with Crippen molar-refractivity contribution in [2.75, 3.05) is 18.5 Å². The number of rotatable bonds is 6. The molecule has 7 heteroatoms. The molecule has 0 saturated heterocycles. The number of pyridine rings is 1. The maximum absolute atomic E-state index is 12.4. The van der Waals surface area contributed by atoms with E-state index in [1.807, 2.05) is 13.8 Å². The number of hydrogen-bond donors (Lipinski definition) is 1. The lowest BCUT2D eigenvalue weighted by atomic mass is 9.74. The number of nitrogens with one attached hydrogen (secondary N) is 1. The minimum absolute atomic E-state index is 0.211. The minimum atomic E-state index is -3.46. The van der Waals surface area contributed by atoms with Crippen LogP contribution in [-0.4, -0.2) is 36.5 Å². The van der Waals surface area contributed by atoms with Crippen LogP contribution in [0.25, 0.3) is 0 Å². The Kier molecular flexibility index (Phi) is 4.50. The smallest absolute Gasteiger partial charge is 0.244 e. The Morgan fingerprint density at radius 2 is 2.13 bits per heavy atom. The largest absolute Gasteiger partial charge is 0.261 e. The predicted molar refractivity (Wildman–Crippen MR) is 90.8 cm³/mol. The van der Waals surface area contributed by atoms with Crippen molar-refractivity contribution in [1.82, 2.24) is 9.29 Å². The van der Waals surface area contributed by atoms with Crippen molar-refractivity contribution >= 4 is 21.6 Å². The van der Waals surface area contributed by atoms with Gasteiger partial charge in [-0.2, -0.15) is 9.41 Å². The van der Waals surface area contributed by atoms with Crippen molar-refractivity contribution in [2.45, 2.75) is 31.6 Å². The van der Waals surface area contributed by atoms with Gasteiger partial charge in [0.25, 0.3) is 0 Å². The monoisotopic (exact) mass is 334 g/mol. The Morgan fingerprint density at radius 3 is 2.74 bits per heavy atom. The molecule has 124 valence electrons. The first kappa shape index (κ1) is 16.1. The zero-order valence-electron chi connectivity index (χ0n) is 13.4. The molecule has 1 fully saturated rings. The highest BCUT2D eigenvalue weighted by Crippen LogP contribution is 2.40. The maximum atomic E-state index is 12.4. The van der Waals surface area contributed by atoms with Gasteiger partial charge in [0.15, 0.2) is 0 Å². The fraction of sp³-hybridized carbons (Fsp3) is 0.500. The molecule has 2 atom stereocenters. The molecule has 1 aromatic rings. The number of allylic oxidation sites excluding steroid dienone is 2. The van der Waals surface area contributed by atoms with E-state index in [1.165, 1.54) is 16.2 Å². The molecule has 0 aromatic carbocycles. The molecule has 6 nitrogen and oxygen atoms in total. The third-order valence-electron chi connectivity index (χ3n) is 4.56. The second kappa shape index (κ2) is 6.41. The van der Waals surface area contributed by atoms with Crippen molar-refractivity contribution in [2.24, 2.45) is 16.9 Å². The van der Waals surface area contributed by atoms with E-state index in [-0.39, 0.29) is 4.90 Å². The maximum Gasteiger partial charge on any atom is 0.244 e. The lowest BCUT2D eigenvalue weighted by Gasteiger charge is -2.31. The second-order valence-corrected chi connectivity index (χ2v) is 7.76. The van der Waals surface area contributed by atoms with Crippen LogP contribution in [0.1, 0.15) is 26.7 Å². The number of anilines is 1. The average Bonchev–Trinajstić information content (AvgIpc) is 2.90. The van der Waals surface area contributed by atoms with Gasteiger partial charge in [-0.3, -0.25) is 5.43 Å². The van der Waals surface area contributed by atoms with Crippen molar-refractivity contribution in [3.63, 3.8) is 0 Å². The average molecular weight is 334 g/mol. The third kappa shape index (κ3) is 3.03. The molecule has 2 unspecified atom stereocenters. The summed E-state index contributed by atoms with van der Waals surface area (Å²) in [4.78, 5) is 4.38. The predicted octanol–water partition coefficient (Wildman–Crippen LogP) is 2.48. The zero-order valence-corrected chi connectivity index (χ0v) is 14.3. The van der Waals surface area contributed by atoms with Gasteiger partial charge < -0.3 is 0 Å². The molecule has 0 aliphatic heterocycles. The third-order valence-corrected chi connectivity index (χ3v) is 6.59. The lowest BCUT2D eigenvalue weighted by Crippen LogP contribution is -2.33. The molecule has 0 amide bonds. The zero-order chi connectivity index (χ0) is 16.4. The number of fused-ring (bicyclic) bond motifs is 1. The fourth-order valence-corrected chi connectivity index (χ4v) is 4.51. The van der Waals surface area contributed by atoms with Crippen LogP contribution in [0.3, 0.4) is 0 Å². The van der Waals surface area contributed by atoms with Gasteiger partial charge in [-0.1, -0.05) is 26.0 Å². The van der Waals surface area contributed by atoms with E-state index in [2.05, 4.69) is 27.7 Å². The summed E-state index contributed by atoms with van der Waals surface area (Å²) >= 11 is 0. The number of sulfonamides is 1. The van der Waals surface area contributed by atoms with E-state index in [0.29, 0.717) is 30.7 Å². The summed E-state index contributed by atoms with van der Waals surface area (Å²) in [5.74, 6) is 1.76. The van der Waals surface area contributed by atoms with Crippen molar-refractivity contribution in [1.29, 1.82) is 0 Å². The molecule has 1 heterocycles. The SMILES string of the molecule is CCN(CC)S(=O)(=O)c1ccc(N/N=C2\CC3C=CCC23)nc1. The highest BCUT2D eigenvalue weighted by molar-refractivity contribution is 7.89. The van der Waals surface area contributed by atoms with Crippen molar-refractivity contribution < 1.29 is 8.42 Å². The van der Waals surface area contributed by atoms with Crippen LogP contribution >= 0.6 is 0 Å². The van der Waals surface area contributed by atoms with Gasteiger partial charge in [0.05, 0.1) is 0 Å². The normalized spacial score (nSPS) is 24.7. The van der Waals surface area contributed by atoms with E-state index in [1.54, 1.807) is 12.1 Å². The first-order valence-electron chi connectivity index (χ1n) is 8.01. The van der Waals surface area contributed by atoms with Crippen LogP contribution in [0.2, 0.25) is 0 Å². The van der Waals surface area contributed by atoms with Crippen molar-refractivity contribution in [3.8, 4) is 0 Å². The Hall–Kier alpha value is -1.73. The summed E-state index contributed by atoms with van der Waals surface area (Å²) < 4.78 is 26.2. The lowest BCUT2D eigenvalue weighted by molar-refractivity contribution is 0.445. The highest BCUT2D eigenvalue weighted by atomic mass is 32.2. The topological polar surface area (TPSA) is 74.7 Å². The van der Waals surface area contributed by atoms with Gasteiger partial charge in [0.1, 0.15) is 10.7 Å². The summed E-state index contributed by atoms with van der Waals surface area (Å²) in [7, 11) is -3.46. The first-order chi connectivity index (χ1) is 11.1. The Balaban J connectivity index is 1.67. The highest BCUT2D eigenvalue weighted by Gasteiger charge is 2.37. The summed E-state index contributed by atoms with van der Waals surface area (Å²) in [5.41, 5.74) is 4.10. The van der Waals surface area contributed by atoms with Crippen LogP contribution in [0.4, 0.5) is 5.82 Å². The van der Waals surface area contributed by atoms with E-state index in [4.69, 9.17) is 0 Å². The Bertz CT molecular complexity index is 721. The van der Waals surface area contributed by atoms with Gasteiger partial charge in [0, 0.05) is 30.9 Å². The summed E-state index contributed by atoms with van der Waals surface area (Å²) in [6, 6.07) is 3.23. The molecule has 0 spiro atoms. The van der Waals surface area contributed by atoms with Gasteiger partial charge in [0.2, 0.25) is 10.0 Å². The molecule has 1 N–H and O–H groups in total. The molecule has 2 aliphatic carbocycles. The molecule has 0 radical (unpaired) electrons. The number of nitrogens with zero attached hydrogens (tertiary/aromatic N) is 3. The van der Waals surface area contributed by atoms with E-state index in [0.717, 1.165) is 12.8 Å². The van der Waals surface area contributed by atoms with Crippen LogP contribution in [0.5, 0.6) is 0 Å². The molecular weight excluding hydrogens is 312 g/mol. The molecule has 1 aromatic heterocycles. The summed E-state index contributed by atoms with van der Waals surface area (Å²) in [6.45, 7) is 4.54. The van der Waals surface area contributed by atoms with E-state index >= 15 is 0 Å². The number of hydrazone groups is 1. The number of hydrogen-bond acceptors (Lipinski definition) is 5. The quantitative estimate of drug-likeness (QED) is 0.640.